The molecule has 0 aliphatic carbocycles. The normalized spacial score (nSPS) is 12.3. The molecule has 2 aromatic rings. The molecule has 1 nitrogen and oxygen atoms in total. The first-order valence-electron chi connectivity index (χ1n) is 6.46. The maximum absolute atomic E-state index is 13.9. The summed E-state index contributed by atoms with van der Waals surface area (Å²) < 4.78 is 46.1. The average Bonchev–Trinajstić information content (AvgIpc) is 2.39. The molecule has 0 spiro atoms. The zero-order valence-corrected chi connectivity index (χ0v) is 12.3. The Bertz CT molecular complexity index is 635. The van der Waals surface area contributed by atoms with Crippen molar-refractivity contribution in [3.63, 3.8) is 0 Å². The number of aryl methyl sites for hydroxylation is 1. The van der Waals surface area contributed by atoms with Gasteiger partial charge in [-0.3, -0.25) is 0 Å². The van der Waals surface area contributed by atoms with Crippen molar-refractivity contribution in [3.8, 4) is 5.75 Å². The molecule has 0 fully saturated rings. The van der Waals surface area contributed by atoms with Crippen LogP contribution in [0, 0.1) is 24.4 Å². The van der Waals surface area contributed by atoms with E-state index >= 15 is 0 Å². The molecule has 0 saturated carbocycles. The van der Waals surface area contributed by atoms with Gasteiger partial charge in [-0.1, -0.05) is 17.7 Å². The molecule has 0 saturated heterocycles. The first-order valence-corrected chi connectivity index (χ1v) is 6.89. The summed E-state index contributed by atoms with van der Waals surface area (Å²) in [5, 5.41) is -1.10. The van der Waals surface area contributed by atoms with Crippen molar-refractivity contribution >= 4 is 11.6 Å². The van der Waals surface area contributed by atoms with Crippen LogP contribution in [0.3, 0.4) is 0 Å². The maximum atomic E-state index is 13.9. The van der Waals surface area contributed by atoms with Gasteiger partial charge < -0.3 is 4.74 Å². The minimum absolute atomic E-state index is 0.385. The molecule has 0 N–H and O–H groups in total. The van der Waals surface area contributed by atoms with Crippen LogP contribution in [0.5, 0.6) is 5.75 Å². The molecule has 2 aromatic carbocycles. The SMILES string of the molecule is CCOc1ccc(C)cc1C(Cl)c1c(F)cc(F)cc1F. The van der Waals surface area contributed by atoms with Gasteiger partial charge in [-0.25, -0.2) is 13.2 Å². The second-order valence-corrected chi connectivity index (χ2v) is 5.06. The second kappa shape index (κ2) is 6.39. The third-order valence-corrected chi connectivity index (χ3v) is 3.49. The molecule has 0 heterocycles. The van der Waals surface area contributed by atoms with Crippen LogP contribution in [0.2, 0.25) is 0 Å². The lowest BCUT2D eigenvalue weighted by atomic mass is 10.0. The van der Waals surface area contributed by atoms with Gasteiger partial charge in [0, 0.05) is 23.3 Å². The van der Waals surface area contributed by atoms with E-state index in [1.54, 1.807) is 19.1 Å². The van der Waals surface area contributed by atoms with E-state index in [4.69, 9.17) is 16.3 Å². The van der Waals surface area contributed by atoms with E-state index < -0.39 is 22.8 Å². The molecule has 1 atom stereocenters. The van der Waals surface area contributed by atoms with Crippen molar-refractivity contribution in [2.24, 2.45) is 0 Å². The van der Waals surface area contributed by atoms with Crippen LogP contribution >= 0.6 is 11.6 Å². The molecule has 112 valence electrons. The number of ether oxygens (including phenoxy) is 1. The van der Waals surface area contributed by atoms with E-state index in [0.29, 0.717) is 30.1 Å². The van der Waals surface area contributed by atoms with Crippen molar-refractivity contribution in [2.45, 2.75) is 19.2 Å². The Balaban J connectivity index is 2.54. The van der Waals surface area contributed by atoms with Crippen LogP contribution in [0.15, 0.2) is 30.3 Å². The van der Waals surface area contributed by atoms with Crippen LogP contribution < -0.4 is 4.74 Å². The van der Waals surface area contributed by atoms with Gasteiger partial charge in [0.15, 0.2) is 0 Å². The van der Waals surface area contributed by atoms with Gasteiger partial charge in [-0.2, -0.15) is 0 Å². The summed E-state index contributed by atoms with van der Waals surface area (Å²) in [4.78, 5) is 0. The van der Waals surface area contributed by atoms with Crippen LogP contribution in [-0.4, -0.2) is 6.61 Å². The number of alkyl halides is 1. The van der Waals surface area contributed by atoms with E-state index in [0.717, 1.165) is 5.56 Å². The number of benzene rings is 2. The minimum Gasteiger partial charge on any atom is -0.494 e. The van der Waals surface area contributed by atoms with Gasteiger partial charge >= 0.3 is 0 Å². The van der Waals surface area contributed by atoms with Gasteiger partial charge in [-0.15, -0.1) is 11.6 Å². The van der Waals surface area contributed by atoms with E-state index in [-0.39, 0.29) is 5.56 Å². The van der Waals surface area contributed by atoms with E-state index in [2.05, 4.69) is 0 Å². The van der Waals surface area contributed by atoms with E-state index in [1.807, 2.05) is 13.0 Å². The largest absolute Gasteiger partial charge is 0.494 e. The predicted octanol–water partition coefficient (Wildman–Crippen LogP) is 5.14. The van der Waals surface area contributed by atoms with Gasteiger partial charge in [0.25, 0.3) is 0 Å². The van der Waals surface area contributed by atoms with Crippen LogP contribution in [0.25, 0.3) is 0 Å². The standard InChI is InChI=1S/C16H14ClF3O/c1-3-21-14-5-4-9(2)6-11(14)16(17)15-12(19)7-10(18)8-13(15)20/h4-8,16H,3H2,1-2H3. The zero-order chi connectivity index (χ0) is 15.6. The topological polar surface area (TPSA) is 9.23 Å². The number of halogens is 4. The average molecular weight is 315 g/mol. The van der Waals surface area contributed by atoms with E-state index in [1.165, 1.54) is 0 Å². The Morgan fingerprint density at radius 2 is 1.71 bits per heavy atom. The molecule has 2 rings (SSSR count). The van der Waals surface area contributed by atoms with Crippen LogP contribution in [-0.2, 0) is 0 Å². The zero-order valence-electron chi connectivity index (χ0n) is 11.6. The Kier molecular flexibility index (Phi) is 4.78. The van der Waals surface area contributed by atoms with Crippen molar-refractivity contribution in [3.05, 3.63) is 64.5 Å². The second-order valence-electron chi connectivity index (χ2n) is 4.62. The van der Waals surface area contributed by atoms with Crippen molar-refractivity contribution in [1.29, 1.82) is 0 Å². The summed E-state index contributed by atoms with van der Waals surface area (Å²) in [6.07, 6.45) is 0. The molecule has 0 amide bonds. The van der Waals surface area contributed by atoms with Crippen molar-refractivity contribution in [1.82, 2.24) is 0 Å². The highest BCUT2D eigenvalue weighted by molar-refractivity contribution is 6.22. The fraction of sp³-hybridized carbons (Fsp3) is 0.250. The molecule has 1 unspecified atom stereocenters. The first kappa shape index (κ1) is 15.7. The van der Waals surface area contributed by atoms with Gasteiger partial charge in [0.1, 0.15) is 23.2 Å². The lowest BCUT2D eigenvalue weighted by Gasteiger charge is -2.17. The molecular weight excluding hydrogens is 301 g/mol. The van der Waals surface area contributed by atoms with Crippen LogP contribution in [0.4, 0.5) is 13.2 Å². The molecule has 0 aromatic heterocycles. The summed E-state index contributed by atoms with van der Waals surface area (Å²) in [6, 6.07) is 6.44. The molecule has 0 aliphatic rings. The van der Waals surface area contributed by atoms with E-state index in [9.17, 15) is 13.2 Å². The van der Waals surface area contributed by atoms with Gasteiger partial charge in [0.05, 0.1) is 12.0 Å². The number of hydrogen-bond donors (Lipinski definition) is 0. The predicted molar refractivity (Wildman–Crippen MR) is 76.4 cm³/mol. The third kappa shape index (κ3) is 3.32. The Labute approximate surface area is 126 Å². The Hall–Kier alpha value is -1.68. The quantitative estimate of drug-likeness (QED) is 0.710. The molecule has 0 bridgehead atoms. The Morgan fingerprint density at radius 1 is 1.10 bits per heavy atom. The highest BCUT2D eigenvalue weighted by Crippen LogP contribution is 2.38. The summed E-state index contributed by atoms with van der Waals surface area (Å²) >= 11 is 6.22. The highest BCUT2D eigenvalue weighted by Gasteiger charge is 2.24. The fourth-order valence-electron chi connectivity index (χ4n) is 2.10. The minimum atomic E-state index is -1.10. The smallest absolute Gasteiger partial charge is 0.134 e. The van der Waals surface area contributed by atoms with Crippen LogP contribution in [0.1, 0.15) is 29.0 Å². The monoisotopic (exact) mass is 314 g/mol. The summed E-state index contributed by atoms with van der Waals surface area (Å²) in [7, 11) is 0. The molecular formula is C16H14ClF3O. The maximum Gasteiger partial charge on any atom is 0.134 e. The first-order chi connectivity index (χ1) is 9.93. The van der Waals surface area contributed by atoms with Gasteiger partial charge in [0.2, 0.25) is 0 Å². The summed E-state index contributed by atoms with van der Waals surface area (Å²) in [5.41, 5.74) is 0.939. The fourth-order valence-corrected chi connectivity index (χ4v) is 2.48. The van der Waals surface area contributed by atoms with Crippen molar-refractivity contribution in [2.75, 3.05) is 6.61 Å². The van der Waals surface area contributed by atoms with Gasteiger partial charge in [-0.05, 0) is 19.9 Å². The lowest BCUT2D eigenvalue weighted by molar-refractivity contribution is 0.336. The number of rotatable bonds is 4. The lowest BCUT2D eigenvalue weighted by Crippen LogP contribution is -2.05. The summed E-state index contributed by atoms with van der Waals surface area (Å²) in [6.45, 7) is 4.03. The Morgan fingerprint density at radius 3 is 2.29 bits per heavy atom. The third-order valence-electron chi connectivity index (χ3n) is 3.04. The van der Waals surface area contributed by atoms with Crippen molar-refractivity contribution < 1.29 is 17.9 Å². The number of hydrogen-bond acceptors (Lipinski definition) is 1. The molecule has 21 heavy (non-hydrogen) atoms. The highest BCUT2D eigenvalue weighted by atomic mass is 35.5. The molecule has 5 heteroatoms. The molecule has 0 radical (unpaired) electrons. The molecule has 0 aliphatic heterocycles. The summed E-state index contributed by atoms with van der Waals surface area (Å²) in [5.74, 6) is -2.56.